The van der Waals surface area contributed by atoms with Gasteiger partial charge >= 0.3 is 0 Å². The molecule has 0 N–H and O–H groups in total. The largest absolute Gasteiger partial charge is 0.495 e. The molecule has 0 radical (unpaired) electrons. The molecule has 0 saturated heterocycles. The van der Waals surface area contributed by atoms with Crippen LogP contribution in [0.5, 0.6) is 5.75 Å². The highest BCUT2D eigenvalue weighted by molar-refractivity contribution is 7.89. The minimum absolute atomic E-state index is 0.0167. The second kappa shape index (κ2) is 9.01. The average Bonchev–Trinajstić information content (AvgIpc) is 2.67. The molecule has 0 fully saturated rings. The van der Waals surface area contributed by atoms with Crippen molar-refractivity contribution < 1.29 is 17.9 Å². The van der Waals surface area contributed by atoms with Gasteiger partial charge in [0.2, 0.25) is 10.0 Å². The van der Waals surface area contributed by atoms with Crippen molar-refractivity contribution in [2.75, 3.05) is 27.7 Å². The number of nitrogens with zero attached hydrogens (tertiary/aromatic N) is 2. The van der Waals surface area contributed by atoms with E-state index in [0.717, 1.165) is 16.3 Å². The molecule has 27 heavy (non-hydrogen) atoms. The molecule has 0 unspecified atom stereocenters. The summed E-state index contributed by atoms with van der Waals surface area (Å²) in [6.07, 6.45) is 0.803. The Kier molecular flexibility index (Phi) is 6.98. The van der Waals surface area contributed by atoms with Gasteiger partial charge in [-0.05, 0) is 30.2 Å². The molecule has 2 aromatic carbocycles. The number of sulfonamides is 1. The van der Waals surface area contributed by atoms with Crippen LogP contribution in [0.4, 0.5) is 0 Å². The number of carbonyl (C=O) groups is 1. The van der Waals surface area contributed by atoms with Gasteiger partial charge in [-0.1, -0.05) is 37.3 Å². The average molecular weight is 391 g/mol. The Hall–Kier alpha value is -2.38. The van der Waals surface area contributed by atoms with Crippen molar-refractivity contribution in [2.24, 2.45) is 0 Å². The lowest BCUT2D eigenvalue weighted by Crippen LogP contribution is -2.31. The number of benzene rings is 2. The summed E-state index contributed by atoms with van der Waals surface area (Å²) in [5.41, 5.74) is 1.34. The Morgan fingerprint density at radius 3 is 2.30 bits per heavy atom. The summed E-state index contributed by atoms with van der Waals surface area (Å²) in [6.45, 7) is 3.05. The molecular weight excluding hydrogens is 364 g/mol. The zero-order valence-electron chi connectivity index (χ0n) is 16.2. The maximum atomic E-state index is 13.1. The molecule has 2 aromatic rings. The maximum Gasteiger partial charge on any atom is 0.254 e. The van der Waals surface area contributed by atoms with Crippen LogP contribution < -0.4 is 4.74 Å². The number of rotatable bonds is 8. The third-order valence-electron chi connectivity index (χ3n) is 4.17. The topological polar surface area (TPSA) is 66.9 Å². The lowest BCUT2D eigenvalue weighted by Gasteiger charge is -2.23. The number of ether oxygens (including phenoxy) is 1. The van der Waals surface area contributed by atoms with E-state index in [1.54, 1.807) is 11.0 Å². The maximum absolute atomic E-state index is 13.1. The number of hydrogen-bond acceptors (Lipinski definition) is 4. The molecule has 1 amide bonds. The molecule has 0 saturated carbocycles. The molecule has 0 atom stereocenters. The van der Waals surface area contributed by atoms with E-state index in [1.807, 2.05) is 37.3 Å². The third kappa shape index (κ3) is 4.87. The highest BCUT2D eigenvalue weighted by Crippen LogP contribution is 2.27. The van der Waals surface area contributed by atoms with Crippen LogP contribution in [0.3, 0.4) is 0 Å². The summed E-state index contributed by atoms with van der Waals surface area (Å²) < 4.78 is 31.5. The van der Waals surface area contributed by atoms with Gasteiger partial charge in [0.15, 0.2) is 0 Å². The van der Waals surface area contributed by atoms with Crippen LogP contribution in [0, 0.1) is 0 Å². The Balaban J connectivity index is 2.41. The molecule has 0 spiro atoms. The fourth-order valence-electron chi connectivity index (χ4n) is 2.72. The molecule has 2 rings (SSSR count). The molecule has 0 bridgehead atoms. The van der Waals surface area contributed by atoms with Gasteiger partial charge in [0, 0.05) is 32.7 Å². The van der Waals surface area contributed by atoms with Crippen LogP contribution in [0.15, 0.2) is 53.4 Å². The molecule has 0 aliphatic heterocycles. The summed E-state index contributed by atoms with van der Waals surface area (Å²) in [6, 6.07) is 14.2. The number of methoxy groups -OCH3 is 1. The Labute approximate surface area is 161 Å². The molecule has 0 heterocycles. The smallest absolute Gasteiger partial charge is 0.254 e. The molecule has 6 nitrogen and oxygen atoms in total. The van der Waals surface area contributed by atoms with E-state index >= 15 is 0 Å². The van der Waals surface area contributed by atoms with E-state index in [1.165, 1.54) is 33.3 Å². The summed E-state index contributed by atoms with van der Waals surface area (Å²) >= 11 is 0. The van der Waals surface area contributed by atoms with Gasteiger partial charge < -0.3 is 9.64 Å². The van der Waals surface area contributed by atoms with Crippen LogP contribution in [0.2, 0.25) is 0 Å². The van der Waals surface area contributed by atoms with Crippen molar-refractivity contribution in [1.82, 2.24) is 9.21 Å². The summed E-state index contributed by atoms with van der Waals surface area (Å²) in [4.78, 5) is 14.8. The number of hydrogen-bond donors (Lipinski definition) is 0. The lowest BCUT2D eigenvalue weighted by atomic mass is 10.1. The predicted molar refractivity (Wildman–Crippen MR) is 105 cm³/mol. The van der Waals surface area contributed by atoms with Crippen molar-refractivity contribution in [3.05, 3.63) is 59.7 Å². The minimum Gasteiger partial charge on any atom is -0.495 e. The SMILES string of the molecule is CCCN(Cc1ccccc1)C(=O)c1ccc(OC)c(S(=O)(=O)N(C)C)c1. The van der Waals surface area contributed by atoms with E-state index in [9.17, 15) is 13.2 Å². The van der Waals surface area contributed by atoms with Gasteiger partial charge in [-0.15, -0.1) is 0 Å². The molecule has 0 aromatic heterocycles. The third-order valence-corrected chi connectivity index (χ3v) is 6.00. The standard InChI is InChI=1S/C20H26N2O4S/c1-5-13-22(15-16-9-7-6-8-10-16)20(23)17-11-12-18(26-4)19(14-17)27(24,25)21(2)3/h6-12,14H,5,13,15H2,1-4H3. The number of carbonyl (C=O) groups excluding carboxylic acids is 1. The summed E-state index contributed by atoms with van der Waals surface area (Å²) in [7, 11) is 0.565. The summed E-state index contributed by atoms with van der Waals surface area (Å²) in [5.74, 6) is 0.00362. The Morgan fingerprint density at radius 2 is 1.74 bits per heavy atom. The van der Waals surface area contributed by atoms with Crippen molar-refractivity contribution in [3.8, 4) is 5.75 Å². The van der Waals surface area contributed by atoms with Crippen molar-refractivity contribution >= 4 is 15.9 Å². The summed E-state index contributed by atoms with van der Waals surface area (Å²) in [5, 5.41) is 0. The minimum atomic E-state index is -3.73. The Bertz CT molecular complexity index is 880. The second-order valence-electron chi connectivity index (χ2n) is 6.37. The van der Waals surface area contributed by atoms with Crippen LogP contribution in [0.25, 0.3) is 0 Å². The quantitative estimate of drug-likeness (QED) is 0.695. The first kappa shape index (κ1) is 20.9. The van der Waals surface area contributed by atoms with Gasteiger partial charge in [-0.3, -0.25) is 4.79 Å². The van der Waals surface area contributed by atoms with Gasteiger partial charge in [0.05, 0.1) is 7.11 Å². The molecule has 0 aliphatic carbocycles. The normalized spacial score (nSPS) is 11.4. The molecule has 7 heteroatoms. The predicted octanol–water partition coefficient (Wildman–Crippen LogP) is 3.00. The van der Waals surface area contributed by atoms with Crippen molar-refractivity contribution in [2.45, 2.75) is 24.8 Å². The van der Waals surface area contributed by atoms with Gasteiger partial charge in [0.25, 0.3) is 5.91 Å². The van der Waals surface area contributed by atoms with Crippen molar-refractivity contribution in [1.29, 1.82) is 0 Å². The van der Waals surface area contributed by atoms with Gasteiger partial charge in [0.1, 0.15) is 10.6 Å². The van der Waals surface area contributed by atoms with Gasteiger partial charge in [-0.2, -0.15) is 0 Å². The van der Waals surface area contributed by atoms with E-state index in [0.29, 0.717) is 18.7 Å². The molecular formula is C20H26N2O4S. The highest BCUT2D eigenvalue weighted by Gasteiger charge is 2.25. The van der Waals surface area contributed by atoms with E-state index in [2.05, 4.69) is 0 Å². The first-order valence-corrected chi connectivity index (χ1v) is 10.2. The van der Waals surface area contributed by atoms with Crippen LogP contribution in [-0.2, 0) is 16.6 Å². The number of amides is 1. The second-order valence-corrected chi connectivity index (χ2v) is 8.49. The van der Waals surface area contributed by atoms with E-state index in [4.69, 9.17) is 4.74 Å². The fraction of sp³-hybridized carbons (Fsp3) is 0.350. The zero-order chi connectivity index (χ0) is 20.0. The monoisotopic (exact) mass is 390 g/mol. The van der Waals surface area contributed by atoms with E-state index in [-0.39, 0.29) is 16.6 Å². The highest BCUT2D eigenvalue weighted by atomic mass is 32.2. The zero-order valence-corrected chi connectivity index (χ0v) is 17.0. The van der Waals surface area contributed by atoms with Gasteiger partial charge in [-0.25, -0.2) is 12.7 Å². The fourth-order valence-corrected chi connectivity index (χ4v) is 3.79. The van der Waals surface area contributed by atoms with Crippen LogP contribution in [-0.4, -0.2) is 51.3 Å². The van der Waals surface area contributed by atoms with Crippen LogP contribution in [0.1, 0.15) is 29.3 Å². The lowest BCUT2D eigenvalue weighted by molar-refractivity contribution is 0.0743. The van der Waals surface area contributed by atoms with Crippen molar-refractivity contribution in [3.63, 3.8) is 0 Å². The van der Waals surface area contributed by atoms with E-state index < -0.39 is 10.0 Å². The Morgan fingerprint density at radius 1 is 1.07 bits per heavy atom. The first-order chi connectivity index (χ1) is 12.8. The molecule has 146 valence electrons. The first-order valence-electron chi connectivity index (χ1n) is 8.75. The molecule has 0 aliphatic rings. The van der Waals surface area contributed by atoms with Crippen LogP contribution >= 0.6 is 0 Å².